The molecule has 0 aliphatic carbocycles. The zero-order valence-corrected chi connectivity index (χ0v) is 11.9. The Kier molecular flexibility index (Phi) is 4.28. The van der Waals surface area contributed by atoms with Gasteiger partial charge in [-0.05, 0) is 43.7 Å². The van der Waals surface area contributed by atoms with Gasteiger partial charge in [0.1, 0.15) is 5.75 Å². The summed E-state index contributed by atoms with van der Waals surface area (Å²) in [5.74, 6) is 1.57. The smallest absolute Gasteiger partial charge is 0.122 e. The van der Waals surface area contributed by atoms with Gasteiger partial charge >= 0.3 is 0 Å². The van der Waals surface area contributed by atoms with Gasteiger partial charge in [0.2, 0.25) is 0 Å². The summed E-state index contributed by atoms with van der Waals surface area (Å²) in [5, 5.41) is 0. The van der Waals surface area contributed by atoms with Crippen LogP contribution in [-0.4, -0.2) is 19.3 Å². The van der Waals surface area contributed by atoms with Crippen molar-refractivity contribution in [2.24, 2.45) is 0 Å². The van der Waals surface area contributed by atoms with E-state index in [1.165, 1.54) is 11.1 Å². The lowest BCUT2D eigenvalue weighted by Crippen LogP contribution is -2.07. The van der Waals surface area contributed by atoms with Gasteiger partial charge in [0.05, 0.1) is 19.3 Å². The molecule has 2 rings (SSSR count). The summed E-state index contributed by atoms with van der Waals surface area (Å²) in [6.07, 6.45) is 4.35. The monoisotopic (exact) mass is 248 g/mol. The van der Waals surface area contributed by atoms with Gasteiger partial charge in [-0.3, -0.25) is 0 Å². The highest BCUT2D eigenvalue weighted by Crippen LogP contribution is 2.40. The van der Waals surface area contributed by atoms with Gasteiger partial charge in [0.15, 0.2) is 0 Å². The first-order valence-corrected chi connectivity index (χ1v) is 7.00. The maximum Gasteiger partial charge on any atom is 0.122 e. The quantitative estimate of drug-likeness (QED) is 0.708. The largest absolute Gasteiger partial charge is 0.496 e. The van der Waals surface area contributed by atoms with Gasteiger partial charge in [0.25, 0.3) is 0 Å². The Balaban J connectivity index is 2.16. The van der Waals surface area contributed by atoms with Crippen LogP contribution in [-0.2, 0) is 4.74 Å². The number of benzene rings is 1. The second kappa shape index (κ2) is 5.75. The first-order valence-electron chi connectivity index (χ1n) is 7.00. The minimum absolute atomic E-state index is 0.462. The highest BCUT2D eigenvalue weighted by molar-refractivity contribution is 5.42. The first kappa shape index (κ1) is 13.4. The standard InChI is InChI=1S/C16H24O2/c1-5-12(10-15-13(6-2)18-15)16-11(3)8-7-9-14(16)17-4/h7-9,12-13,15H,5-6,10H2,1-4H3. The maximum atomic E-state index is 5.69. The topological polar surface area (TPSA) is 21.8 Å². The molecular weight excluding hydrogens is 224 g/mol. The molecule has 1 aromatic rings. The molecule has 100 valence electrons. The minimum atomic E-state index is 0.462. The van der Waals surface area contributed by atoms with Gasteiger partial charge < -0.3 is 9.47 Å². The zero-order chi connectivity index (χ0) is 13.1. The zero-order valence-electron chi connectivity index (χ0n) is 11.9. The number of ether oxygens (including phenoxy) is 2. The number of rotatable bonds is 6. The van der Waals surface area contributed by atoms with Crippen molar-refractivity contribution < 1.29 is 9.47 Å². The highest BCUT2D eigenvalue weighted by atomic mass is 16.6. The molecule has 3 unspecified atom stereocenters. The predicted molar refractivity (Wildman–Crippen MR) is 74.3 cm³/mol. The fourth-order valence-electron chi connectivity index (χ4n) is 2.87. The number of hydrogen-bond donors (Lipinski definition) is 0. The van der Waals surface area contributed by atoms with Crippen LogP contribution >= 0.6 is 0 Å². The molecule has 1 aromatic carbocycles. The van der Waals surface area contributed by atoms with Crippen molar-refractivity contribution in [2.75, 3.05) is 7.11 Å². The lowest BCUT2D eigenvalue weighted by Gasteiger charge is -2.20. The summed E-state index contributed by atoms with van der Waals surface area (Å²) < 4.78 is 11.2. The number of epoxide rings is 1. The van der Waals surface area contributed by atoms with Crippen molar-refractivity contribution in [3.8, 4) is 5.75 Å². The molecule has 0 bridgehead atoms. The molecule has 18 heavy (non-hydrogen) atoms. The molecule has 0 saturated carbocycles. The molecule has 3 atom stereocenters. The maximum absolute atomic E-state index is 5.69. The first-order chi connectivity index (χ1) is 8.71. The molecule has 2 heteroatoms. The second-order valence-electron chi connectivity index (χ2n) is 5.15. The normalized spacial score (nSPS) is 23.8. The molecule has 0 N–H and O–H groups in total. The van der Waals surface area contributed by atoms with E-state index < -0.39 is 0 Å². The summed E-state index contributed by atoms with van der Waals surface area (Å²) in [5.41, 5.74) is 2.70. The van der Waals surface area contributed by atoms with Gasteiger partial charge in [-0.15, -0.1) is 0 Å². The van der Waals surface area contributed by atoms with Crippen LogP contribution in [0, 0.1) is 6.92 Å². The molecule has 2 nitrogen and oxygen atoms in total. The van der Waals surface area contributed by atoms with Crippen molar-refractivity contribution in [1.82, 2.24) is 0 Å². The summed E-state index contributed by atoms with van der Waals surface area (Å²) in [6, 6.07) is 6.30. The van der Waals surface area contributed by atoms with E-state index in [-0.39, 0.29) is 0 Å². The van der Waals surface area contributed by atoms with Crippen molar-refractivity contribution >= 4 is 0 Å². The van der Waals surface area contributed by atoms with E-state index in [0.29, 0.717) is 18.1 Å². The summed E-state index contributed by atoms with van der Waals surface area (Å²) in [7, 11) is 1.76. The van der Waals surface area contributed by atoms with E-state index in [1.807, 2.05) is 0 Å². The van der Waals surface area contributed by atoms with Crippen LogP contribution in [0.15, 0.2) is 18.2 Å². The molecular formula is C16H24O2. The molecule has 0 amide bonds. The van der Waals surface area contributed by atoms with Crippen LogP contribution in [0.1, 0.15) is 50.2 Å². The third kappa shape index (κ3) is 2.69. The second-order valence-corrected chi connectivity index (χ2v) is 5.15. The van der Waals surface area contributed by atoms with Gasteiger partial charge in [-0.2, -0.15) is 0 Å². The Morgan fingerprint density at radius 3 is 2.61 bits per heavy atom. The Morgan fingerprint density at radius 2 is 2.06 bits per heavy atom. The third-order valence-corrected chi connectivity index (χ3v) is 4.01. The SMILES string of the molecule is CCC(CC1OC1CC)c1c(C)cccc1OC. The minimum Gasteiger partial charge on any atom is -0.496 e. The van der Waals surface area contributed by atoms with E-state index >= 15 is 0 Å². The Bertz CT molecular complexity index is 400. The number of hydrogen-bond acceptors (Lipinski definition) is 2. The molecule has 1 heterocycles. The van der Waals surface area contributed by atoms with E-state index in [2.05, 4.69) is 39.0 Å². The lowest BCUT2D eigenvalue weighted by molar-refractivity contribution is 0.345. The Morgan fingerprint density at radius 1 is 1.28 bits per heavy atom. The van der Waals surface area contributed by atoms with Crippen LogP contribution in [0.3, 0.4) is 0 Å². The van der Waals surface area contributed by atoms with Gasteiger partial charge in [-0.25, -0.2) is 0 Å². The van der Waals surface area contributed by atoms with Crippen LogP contribution in [0.5, 0.6) is 5.75 Å². The summed E-state index contributed by atoms with van der Waals surface area (Å²) >= 11 is 0. The molecule has 1 fully saturated rings. The van der Waals surface area contributed by atoms with Crippen molar-refractivity contribution in [2.45, 2.75) is 58.2 Å². The average Bonchev–Trinajstić information content (AvgIpc) is 3.14. The Labute approximate surface area is 110 Å². The summed E-state index contributed by atoms with van der Waals surface area (Å²) in [4.78, 5) is 0. The fourth-order valence-corrected chi connectivity index (χ4v) is 2.87. The van der Waals surface area contributed by atoms with Crippen molar-refractivity contribution in [1.29, 1.82) is 0 Å². The molecule has 0 spiro atoms. The van der Waals surface area contributed by atoms with Gasteiger partial charge in [0, 0.05) is 5.56 Å². The molecule has 0 radical (unpaired) electrons. The van der Waals surface area contributed by atoms with Gasteiger partial charge in [-0.1, -0.05) is 26.0 Å². The van der Waals surface area contributed by atoms with E-state index in [4.69, 9.17) is 9.47 Å². The lowest BCUT2D eigenvalue weighted by atomic mass is 9.87. The third-order valence-electron chi connectivity index (χ3n) is 4.01. The van der Waals surface area contributed by atoms with Crippen LogP contribution in [0.4, 0.5) is 0 Å². The number of methoxy groups -OCH3 is 1. The van der Waals surface area contributed by atoms with E-state index in [9.17, 15) is 0 Å². The molecule has 0 aromatic heterocycles. The van der Waals surface area contributed by atoms with Crippen molar-refractivity contribution in [3.05, 3.63) is 29.3 Å². The molecule has 1 aliphatic heterocycles. The molecule has 1 aliphatic rings. The Hall–Kier alpha value is -1.02. The van der Waals surface area contributed by atoms with Crippen molar-refractivity contribution in [3.63, 3.8) is 0 Å². The van der Waals surface area contributed by atoms with E-state index in [0.717, 1.165) is 25.0 Å². The van der Waals surface area contributed by atoms with Crippen LogP contribution in [0.2, 0.25) is 0 Å². The van der Waals surface area contributed by atoms with Crippen LogP contribution < -0.4 is 4.74 Å². The number of aryl methyl sites for hydroxylation is 1. The van der Waals surface area contributed by atoms with E-state index in [1.54, 1.807) is 7.11 Å². The summed E-state index contributed by atoms with van der Waals surface area (Å²) in [6.45, 7) is 6.62. The van der Waals surface area contributed by atoms with Crippen LogP contribution in [0.25, 0.3) is 0 Å². The average molecular weight is 248 g/mol. The highest BCUT2D eigenvalue weighted by Gasteiger charge is 2.39. The predicted octanol–water partition coefficient (Wildman–Crippen LogP) is 4.06. The fraction of sp³-hybridized carbons (Fsp3) is 0.625. The molecule has 1 saturated heterocycles.